The zero-order valence-corrected chi connectivity index (χ0v) is 18.7. The number of carbonyl (C=O) groups is 1. The van der Waals surface area contributed by atoms with Gasteiger partial charge in [0.15, 0.2) is 0 Å². The van der Waals surface area contributed by atoms with Crippen molar-refractivity contribution in [1.82, 2.24) is 4.90 Å². The molecule has 3 atom stereocenters. The third kappa shape index (κ3) is 4.64. The molecule has 8 heteroatoms. The van der Waals surface area contributed by atoms with Gasteiger partial charge in [-0.3, -0.25) is 14.9 Å². The minimum atomic E-state index is -1.13. The third-order valence-corrected chi connectivity index (χ3v) is 6.40. The number of hydrogen-bond donors (Lipinski definition) is 1. The summed E-state index contributed by atoms with van der Waals surface area (Å²) in [5.74, 6) is -0.223. The first-order valence-electron chi connectivity index (χ1n) is 10.5. The summed E-state index contributed by atoms with van der Waals surface area (Å²) in [6, 6.07) is 18.4. The van der Waals surface area contributed by atoms with Crippen LogP contribution in [0.3, 0.4) is 0 Å². The largest absolute Gasteiger partial charge is 0.508 e. The lowest BCUT2D eigenvalue weighted by Crippen LogP contribution is -2.51. The summed E-state index contributed by atoms with van der Waals surface area (Å²) in [5, 5.41) is 22.6. The van der Waals surface area contributed by atoms with Crippen LogP contribution in [0.2, 0.25) is 5.02 Å². The van der Waals surface area contributed by atoms with Crippen LogP contribution < -0.4 is 4.74 Å². The van der Waals surface area contributed by atoms with Gasteiger partial charge in [0.05, 0.1) is 13.0 Å². The smallest absolute Gasteiger partial charge is 0.244 e. The Morgan fingerprint density at radius 2 is 1.85 bits per heavy atom. The number of methoxy groups -OCH3 is 1. The third-order valence-electron chi connectivity index (χ3n) is 6.06. The van der Waals surface area contributed by atoms with E-state index in [1.165, 1.54) is 12.1 Å². The molecule has 1 heterocycles. The first kappa shape index (κ1) is 22.6. The molecule has 7 nitrogen and oxygen atoms in total. The van der Waals surface area contributed by atoms with E-state index < -0.39 is 18.0 Å². The van der Waals surface area contributed by atoms with Crippen molar-refractivity contribution >= 4 is 17.5 Å². The number of nitrogens with zero attached hydrogens (tertiary/aromatic N) is 2. The van der Waals surface area contributed by atoms with E-state index in [2.05, 4.69) is 0 Å². The molecule has 1 aliphatic rings. The van der Waals surface area contributed by atoms with E-state index in [-0.39, 0.29) is 29.5 Å². The number of rotatable bonds is 6. The molecular weight excluding hydrogens is 444 g/mol. The van der Waals surface area contributed by atoms with Crippen molar-refractivity contribution < 1.29 is 19.6 Å². The van der Waals surface area contributed by atoms with Gasteiger partial charge >= 0.3 is 0 Å². The van der Waals surface area contributed by atoms with Crippen LogP contribution in [0.4, 0.5) is 0 Å². The first-order chi connectivity index (χ1) is 15.9. The second-order valence-corrected chi connectivity index (χ2v) is 8.42. The van der Waals surface area contributed by atoms with Gasteiger partial charge in [0.1, 0.15) is 17.5 Å². The Bertz CT molecular complexity index is 1170. The fraction of sp³-hybridized carbons (Fsp3) is 0.240. The van der Waals surface area contributed by atoms with Gasteiger partial charge in [-0.1, -0.05) is 54.1 Å². The number of halogens is 1. The van der Waals surface area contributed by atoms with Crippen LogP contribution in [0.25, 0.3) is 0 Å². The van der Waals surface area contributed by atoms with Crippen molar-refractivity contribution in [3.05, 3.63) is 105 Å². The van der Waals surface area contributed by atoms with Crippen LogP contribution in [0.5, 0.6) is 11.5 Å². The molecule has 1 N–H and O–H groups in total. The van der Waals surface area contributed by atoms with E-state index in [1.54, 1.807) is 54.5 Å². The van der Waals surface area contributed by atoms with E-state index in [0.717, 1.165) is 5.56 Å². The molecule has 0 aliphatic carbocycles. The van der Waals surface area contributed by atoms with Crippen molar-refractivity contribution in [3.8, 4) is 11.5 Å². The van der Waals surface area contributed by atoms with E-state index in [4.69, 9.17) is 16.3 Å². The maximum Gasteiger partial charge on any atom is 0.244 e. The molecule has 3 aromatic rings. The average Bonchev–Trinajstić information content (AvgIpc) is 2.81. The molecular formula is C25H23ClN2O5. The van der Waals surface area contributed by atoms with Crippen molar-refractivity contribution in [1.29, 1.82) is 0 Å². The molecule has 0 bridgehead atoms. The van der Waals surface area contributed by atoms with Crippen molar-refractivity contribution in [2.45, 2.75) is 31.0 Å². The number of likely N-dealkylation sites (tertiary alicyclic amines) is 1. The Labute approximate surface area is 196 Å². The van der Waals surface area contributed by atoms with Gasteiger partial charge < -0.3 is 14.7 Å². The van der Waals surface area contributed by atoms with E-state index >= 15 is 0 Å². The number of phenols is 1. The summed E-state index contributed by atoms with van der Waals surface area (Å²) < 4.78 is 5.29. The average molecular weight is 467 g/mol. The maximum absolute atomic E-state index is 13.4. The van der Waals surface area contributed by atoms with Gasteiger partial charge in [-0.2, -0.15) is 0 Å². The molecule has 0 radical (unpaired) electrons. The Kier molecular flexibility index (Phi) is 6.51. The zero-order valence-electron chi connectivity index (χ0n) is 17.9. The van der Waals surface area contributed by atoms with Gasteiger partial charge in [0, 0.05) is 22.9 Å². The lowest BCUT2D eigenvalue weighted by molar-refractivity contribution is -0.537. The number of ether oxygens (including phenoxy) is 1. The summed E-state index contributed by atoms with van der Waals surface area (Å²) in [6.07, 6.45) is -0.0338. The quantitative estimate of drug-likeness (QED) is 0.409. The van der Waals surface area contributed by atoms with Crippen LogP contribution in [0, 0.1) is 10.1 Å². The van der Waals surface area contributed by atoms with Gasteiger partial charge in [0.2, 0.25) is 11.9 Å². The predicted octanol–water partition coefficient (Wildman–Crippen LogP) is 4.96. The Morgan fingerprint density at radius 1 is 1.12 bits per heavy atom. The number of nitro groups is 1. The van der Waals surface area contributed by atoms with Gasteiger partial charge in [-0.25, -0.2) is 0 Å². The highest BCUT2D eigenvalue weighted by atomic mass is 35.5. The van der Waals surface area contributed by atoms with Crippen LogP contribution >= 0.6 is 11.6 Å². The normalized spacial score (nSPS) is 20.5. The number of phenolic OH excluding ortho intramolecular Hbond substituents is 1. The SMILES string of the molecule is COc1cccc(CN2C(=O)C[C@@H](c3ccccc3Cl)[C@H]([N+](=O)[O-])[C@H]2c2ccc(O)cc2)c1. The highest BCUT2D eigenvalue weighted by molar-refractivity contribution is 6.31. The minimum absolute atomic E-state index is 0.0338. The highest BCUT2D eigenvalue weighted by Crippen LogP contribution is 2.44. The summed E-state index contributed by atoms with van der Waals surface area (Å²) in [4.78, 5) is 27.1. The Morgan fingerprint density at radius 3 is 2.52 bits per heavy atom. The molecule has 1 aliphatic heterocycles. The van der Waals surface area contributed by atoms with Crippen molar-refractivity contribution in [2.24, 2.45) is 0 Å². The summed E-state index contributed by atoms with van der Waals surface area (Å²) in [6.45, 7) is 0.182. The standard InChI is InChI=1S/C25H23ClN2O5/c1-33-19-6-4-5-16(13-19)15-27-23(30)14-21(20-7-2-3-8-22(20)26)25(28(31)32)24(27)17-9-11-18(29)12-10-17/h2-13,21,24-25,29H,14-15H2,1H3/t21-,24+,25-/m0/s1. The van der Waals surface area contributed by atoms with Gasteiger partial charge in [0.25, 0.3) is 0 Å². The number of aromatic hydroxyl groups is 1. The number of piperidine rings is 1. The Hall–Kier alpha value is -3.58. The molecule has 1 amide bonds. The number of benzene rings is 3. The van der Waals surface area contributed by atoms with Crippen LogP contribution in [0.1, 0.15) is 35.1 Å². The topological polar surface area (TPSA) is 92.9 Å². The van der Waals surface area contributed by atoms with Crippen LogP contribution in [-0.4, -0.2) is 34.0 Å². The van der Waals surface area contributed by atoms with Gasteiger partial charge in [-0.05, 0) is 47.0 Å². The molecule has 0 spiro atoms. The number of carbonyl (C=O) groups excluding carboxylic acids is 1. The molecule has 170 valence electrons. The zero-order chi connectivity index (χ0) is 23.5. The molecule has 0 unspecified atom stereocenters. The van der Waals surface area contributed by atoms with Crippen molar-refractivity contribution in [3.63, 3.8) is 0 Å². The molecule has 33 heavy (non-hydrogen) atoms. The predicted molar refractivity (Wildman–Crippen MR) is 124 cm³/mol. The lowest BCUT2D eigenvalue weighted by Gasteiger charge is -2.41. The second kappa shape index (κ2) is 9.50. The van der Waals surface area contributed by atoms with E-state index in [0.29, 0.717) is 21.9 Å². The fourth-order valence-corrected chi connectivity index (χ4v) is 4.80. The van der Waals surface area contributed by atoms with Crippen molar-refractivity contribution in [2.75, 3.05) is 7.11 Å². The molecule has 1 fully saturated rings. The summed E-state index contributed by atoms with van der Waals surface area (Å²) >= 11 is 6.39. The van der Waals surface area contributed by atoms with E-state index in [9.17, 15) is 20.0 Å². The molecule has 0 aromatic heterocycles. The molecule has 3 aromatic carbocycles. The number of amides is 1. The minimum Gasteiger partial charge on any atom is -0.508 e. The monoisotopic (exact) mass is 466 g/mol. The fourth-order valence-electron chi connectivity index (χ4n) is 4.52. The van der Waals surface area contributed by atoms with Gasteiger partial charge in [-0.15, -0.1) is 0 Å². The molecule has 0 saturated carbocycles. The maximum atomic E-state index is 13.4. The summed E-state index contributed by atoms with van der Waals surface area (Å²) in [5.41, 5.74) is 1.95. The molecule has 1 saturated heterocycles. The van der Waals surface area contributed by atoms with Crippen LogP contribution in [0.15, 0.2) is 72.8 Å². The second-order valence-electron chi connectivity index (χ2n) is 8.02. The highest BCUT2D eigenvalue weighted by Gasteiger charge is 2.51. The van der Waals surface area contributed by atoms with E-state index in [1.807, 2.05) is 18.2 Å². The summed E-state index contributed by atoms with van der Waals surface area (Å²) in [7, 11) is 1.56. The number of hydrogen-bond acceptors (Lipinski definition) is 5. The Balaban J connectivity index is 1.82. The van der Waals surface area contributed by atoms with Crippen LogP contribution in [-0.2, 0) is 11.3 Å². The lowest BCUT2D eigenvalue weighted by atomic mass is 9.78. The first-order valence-corrected chi connectivity index (χ1v) is 10.9. The molecule has 4 rings (SSSR count).